The molecule has 1 aromatic heterocycles. The number of nitrogens with zero attached hydrogens (tertiary/aromatic N) is 2. The van der Waals surface area contributed by atoms with Crippen molar-refractivity contribution in [3.05, 3.63) is 17.0 Å². The van der Waals surface area contributed by atoms with Crippen LogP contribution >= 0.6 is 0 Å². The molecule has 0 saturated carbocycles. The Morgan fingerprint density at radius 1 is 1.21 bits per heavy atom. The van der Waals surface area contributed by atoms with Crippen molar-refractivity contribution in [2.75, 3.05) is 6.54 Å². The molecule has 0 saturated heterocycles. The SMILES string of the molecule is CCCCCCNC(=O)C(=O)c1c(C)nn(C)c1C. The number of carbonyl (C=O) groups excluding carboxylic acids is 2. The Labute approximate surface area is 114 Å². The number of aryl methyl sites for hydroxylation is 2. The number of unbranched alkanes of at least 4 members (excludes halogenated alkanes) is 3. The summed E-state index contributed by atoms with van der Waals surface area (Å²) in [6, 6.07) is 0. The molecule has 1 heterocycles. The summed E-state index contributed by atoms with van der Waals surface area (Å²) >= 11 is 0. The Kier molecular flexibility index (Phi) is 5.73. The van der Waals surface area contributed by atoms with Crippen LogP contribution < -0.4 is 5.32 Å². The molecule has 5 nitrogen and oxygen atoms in total. The summed E-state index contributed by atoms with van der Waals surface area (Å²) in [5.74, 6) is -1.02. The fourth-order valence-electron chi connectivity index (χ4n) is 2.05. The average molecular weight is 265 g/mol. The van der Waals surface area contributed by atoms with Gasteiger partial charge < -0.3 is 5.32 Å². The Balaban J connectivity index is 2.55. The lowest BCUT2D eigenvalue weighted by molar-refractivity contribution is -0.117. The lowest BCUT2D eigenvalue weighted by atomic mass is 10.1. The average Bonchev–Trinajstić information content (AvgIpc) is 2.62. The van der Waals surface area contributed by atoms with E-state index < -0.39 is 11.7 Å². The van der Waals surface area contributed by atoms with E-state index in [0.717, 1.165) is 31.4 Å². The van der Waals surface area contributed by atoms with Crippen molar-refractivity contribution in [2.45, 2.75) is 46.5 Å². The molecule has 19 heavy (non-hydrogen) atoms. The first-order valence-electron chi connectivity index (χ1n) is 6.81. The van der Waals surface area contributed by atoms with Gasteiger partial charge >= 0.3 is 0 Å². The summed E-state index contributed by atoms with van der Waals surface area (Å²) < 4.78 is 1.62. The zero-order valence-corrected chi connectivity index (χ0v) is 12.2. The molecule has 0 bridgehead atoms. The third-order valence-electron chi connectivity index (χ3n) is 3.26. The maximum atomic E-state index is 12.1. The first-order valence-corrected chi connectivity index (χ1v) is 6.81. The van der Waals surface area contributed by atoms with Gasteiger partial charge in [0, 0.05) is 19.3 Å². The Hall–Kier alpha value is -1.65. The van der Waals surface area contributed by atoms with E-state index in [2.05, 4.69) is 17.3 Å². The topological polar surface area (TPSA) is 64.0 Å². The van der Waals surface area contributed by atoms with E-state index in [1.165, 1.54) is 0 Å². The molecule has 0 aromatic carbocycles. The lowest BCUT2D eigenvalue weighted by Crippen LogP contribution is -2.32. The smallest absolute Gasteiger partial charge is 0.292 e. The third-order valence-corrected chi connectivity index (χ3v) is 3.26. The summed E-state index contributed by atoms with van der Waals surface area (Å²) in [5.41, 5.74) is 1.75. The summed E-state index contributed by atoms with van der Waals surface area (Å²) in [5, 5.41) is 6.83. The predicted octanol–water partition coefficient (Wildman–Crippen LogP) is 1.92. The number of hydrogen-bond acceptors (Lipinski definition) is 3. The highest BCUT2D eigenvalue weighted by Crippen LogP contribution is 2.12. The molecule has 0 atom stereocenters. The maximum absolute atomic E-state index is 12.1. The minimum atomic E-state index is -0.532. The molecule has 0 fully saturated rings. The van der Waals surface area contributed by atoms with Crippen LogP contribution in [0.2, 0.25) is 0 Å². The number of rotatable bonds is 7. The van der Waals surface area contributed by atoms with Gasteiger partial charge in [-0.05, 0) is 20.3 Å². The number of Topliss-reactive ketones (excluding diaryl/α,β-unsaturated/α-hetero) is 1. The van der Waals surface area contributed by atoms with E-state index in [1.54, 1.807) is 25.6 Å². The first kappa shape index (κ1) is 15.4. The second-order valence-corrected chi connectivity index (χ2v) is 4.82. The Morgan fingerprint density at radius 2 is 1.89 bits per heavy atom. The minimum absolute atomic E-state index is 0.425. The van der Waals surface area contributed by atoms with Crippen molar-refractivity contribution in [2.24, 2.45) is 7.05 Å². The van der Waals surface area contributed by atoms with Crippen LogP contribution in [0.5, 0.6) is 0 Å². The molecule has 106 valence electrons. The molecule has 1 amide bonds. The van der Waals surface area contributed by atoms with Crippen molar-refractivity contribution in [3.8, 4) is 0 Å². The van der Waals surface area contributed by atoms with Crippen molar-refractivity contribution >= 4 is 11.7 Å². The van der Waals surface area contributed by atoms with E-state index in [4.69, 9.17) is 0 Å². The van der Waals surface area contributed by atoms with Gasteiger partial charge in [0.15, 0.2) is 0 Å². The molecule has 0 radical (unpaired) electrons. The Bertz CT molecular complexity index is 464. The monoisotopic (exact) mass is 265 g/mol. The highest BCUT2D eigenvalue weighted by atomic mass is 16.2. The highest BCUT2D eigenvalue weighted by Gasteiger charge is 2.23. The van der Waals surface area contributed by atoms with Gasteiger partial charge in [0.25, 0.3) is 11.7 Å². The largest absolute Gasteiger partial charge is 0.349 e. The van der Waals surface area contributed by atoms with E-state index in [9.17, 15) is 9.59 Å². The van der Waals surface area contributed by atoms with Gasteiger partial charge in [-0.3, -0.25) is 14.3 Å². The molecule has 1 rings (SSSR count). The van der Waals surface area contributed by atoms with Crippen molar-refractivity contribution < 1.29 is 9.59 Å². The number of carbonyl (C=O) groups is 2. The molecular weight excluding hydrogens is 242 g/mol. The number of ketones is 1. The van der Waals surface area contributed by atoms with Crippen molar-refractivity contribution in [1.29, 1.82) is 0 Å². The molecule has 0 aliphatic carbocycles. The van der Waals surface area contributed by atoms with Gasteiger partial charge in [0.1, 0.15) is 0 Å². The number of nitrogens with one attached hydrogen (secondary N) is 1. The summed E-state index contributed by atoms with van der Waals surface area (Å²) in [4.78, 5) is 23.8. The molecule has 1 N–H and O–H groups in total. The van der Waals surface area contributed by atoms with E-state index in [-0.39, 0.29) is 0 Å². The quantitative estimate of drug-likeness (QED) is 0.465. The van der Waals surface area contributed by atoms with Crippen molar-refractivity contribution in [1.82, 2.24) is 15.1 Å². The second kappa shape index (κ2) is 7.07. The van der Waals surface area contributed by atoms with Crippen LogP contribution in [0.4, 0.5) is 0 Å². The standard InChI is InChI=1S/C14H23N3O2/c1-5-6-7-8-9-15-14(19)13(18)12-10(2)16-17(4)11(12)3/h5-9H2,1-4H3,(H,15,19). The molecule has 5 heteroatoms. The van der Waals surface area contributed by atoms with E-state index in [1.807, 2.05) is 0 Å². The number of aromatic nitrogens is 2. The molecule has 0 aliphatic heterocycles. The summed E-state index contributed by atoms with van der Waals surface area (Å²) in [7, 11) is 1.77. The van der Waals surface area contributed by atoms with Gasteiger partial charge in [-0.25, -0.2) is 0 Å². The van der Waals surface area contributed by atoms with Crippen molar-refractivity contribution in [3.63, 3.8) is 0 Å². The van der Waals surface area contributed by atoms with Crippen LogP contribution in [0.25, 0.3) is 0 Å². The zero-order valence-electron chi connectivity index (χ0n) is 12.2. The first-order chi connectivity index (χ1) is 8.99. The molecule has 1 aromatic rings. The van der Waals surface area contributed by atoms with Crippen LogP contribution in [-0.2, 0) is 11.8 Å². The van der Waals surface area contributed by atoms with Crippen LogP contribution in [-0.4, -0.2) is 28.0 Å². The van der Waals surface area contributed by atoms with Crippen LogP contribution in [0, 0.1) is 13.8 Å². The molecule has 0 spiro atoms. The van der Waals surface area contributed by atoms with Gasteiger partial charge in [-0.15, -0.1) is 0 Å². The predicted molar refractivity (Wildman–Crippen MR) is 74.2 cm³/mol. The van der Waals surface area contributed by atoms with Crippen LogP contribution in [0.3, 0.4) is 0 Å². The minimum Gasteiger partial charge on any atom is -0.349 e. The summed E-state index contributed by atoms with van der Waals surface area (Å²) in [6.07, 6.45) is 4.30. The highest BCUT2D eigenvalue weighted by molar-refractivity contribution is 6.43. The van der Waals surface area contributed by atoms with Gasteiger partial charge in [0.05, 0.1) is 11.3 Å². The van der Waals surface area contributed by atoms with Crippen LogP contribution in [0.15, 0.2) is 0 Å². The van der Waals surface area contributed by atoms with E-state index >= 15 is 0 Å². The van der Waals surface area contributed by atoms with Crippen LogP contribution in [0.1, 0.15) is 54.4 Å². The maximum Gasteiger partial charge on any atom is 0.292 e. The fourth-order valence-corrected chi connectivity index (χ4v) is 2.05. The molecular formula is C14H23N3O2. The zero-order chi connectivity index (χ0) is 14.4. The number of amides is 1. The normalized spacial score (nSPS) is 10.5. The van der Waals surface area contributed by atoms with E-state index in [0.29, 0.717) is 17.8 Å². The van der Waals surface area contributed by atoms with Gasteiger partial charge in [-0.1, -0.05) is 26.2 Å². The fraction of sp³-hybridized carbons (Fsp3) is 0.643. The molecule has 0 unspecified atom stereocenters. The van der Waals surface area contributed by atoms with Gasteiger partial charge in [-0.2, -0.15) is 5.10 Å². The third kappa shape index (κ3) is 3.91. The summed E-state index contributed by atoms with van der Waals surface area (Å²) in [6.45, 7) is 6.23. The number of hydrogen-bond donors (Lipinski definition) is 1. The second-order valence-electron chi connectivity index (χ2n) is 4.82. The lowest BCUT2D eigenvalue weighted by Gasteiger charge is -2.04. The van der Waals surface area contributed by atoms with Gasteiger partial charge in [0.2, 0.25) is 0 Å². The molecule has 0 aliphatic rings. The Morgan fingerprint density at radius 3 is 2.42 bits per heavy atom.